The van der Waals surface area contributed by atoms with Crippen molar-refractivity contribution in [3.05, 3.63) is 70.8 Å². The maximum Gasteiger partial charge on any atom is 0.264 e. The van der Waals surface area contributed by atoms with Crippen molar-refractivity contribution in [1.29, 1.82) is 0 Å². The van der Waals surface area contributed by atoms with E-state index in [1.165, 1.54) is 16.9 Å². The number of amides is 1. The van der Waals surface area contributed by atoms with Crippen LogP contribution in [0.3, 0.4) is 0 Å². The molecule has 0 saturated heterocycles. The van der Waals surface area contributed by atoms with Crippen LogP contribution in [0.25, 0.3) is 10.2 Å². The van der Waals surface area contributed by atoms with Gasteiger partial charge in [0.1, 0.15) is 10.7 Å². The Labute approximate surface area is 155 Å². The number of rotatable bonds is 5. The molecule has 0 saturated carbocycles. The number of nitrogens with zero attached hydrogens (tertiary/aromatic N) is 4. The average molecular weight is 365 g/mol. The molecule has 132 valence electrons. The highest BCUT2D eigenvalue weighted by Gasteiger charge is 2.19. The third-order valence-electron chi connectivity index (χ3n) is 4.28. The number of aromatic nitrogens is 4. The van der Waals surface area contributed by atoms with Crippen molar-refractivity contribution in [3.8, 4) is 0 Å². The fourth-order valence-electron chi connectivity index (χ4n) is 2.95. The van der Waals surface area contributed by atoms with Crippen molar-refractivity contribution in [1.82, 2.24) is 24.6 Å². The lowest BCUT2D eigenvalue weighted by Gasteiger charge is -2.14. The molecule has 3 aromatic heterocycles. The summed E-state index contributed by atoms with van der Waals surface area (Å²) in [6, 6.07) is 12.2. The van der Waals surface area contributed by atoms with Gasteiger partial charge in [-0.15, -0.1) is 11.3 Å². The Kier molecular flexibility index (Phi) is 4.30. The van der Waals surface area contributed by atoms with Crippen LogP contribution in [0.15, 0.2) is 48.8 Å². The maximum absolute atomic E-state index is 12.8. The molecule has 0 atom stereocenters. The Morgan fingerprint density at radius 1 is 1.31 bits per heavy atom. The lowest BCUT2D eigenvalue weighted by Crippen LogP contribution is -2.25. The number of H-pyrrole nitrogens is 1. The van der Waals surface area contributed by atoms with Gasteiger partial charge in [0.15, 0.2) is 0 Å². The van der Waals surface area contributed by atoms with Gasteiger partial charge < -0.3 is 9.88 Å². The van der Waals surface area contributed by atoms with E-state index >= 15 is 0 Å². The molecule has 1 N–H and O–H groups in total. The number of carbonyl (C=O) groups excluding carboxylic acids is 1. The minimum absolute atomic E-state index is 0.00624. The molecule has 0 aliphatic rings. The van der Waals surface area contributed by atoms with Crippen molar-refractivity contribution in [2.75, 3.05) is 7.05 Å². The quantitative estimate of drug-likeness (QED) is 0.589. The van der Waals surface area contributed by atoms with Crippen LogP contribution in [0.5, 0.6) is 0 Å². The molecule has 0 aliphatic carbocycles. The second-order valence-electron chi connectivity index (χ2n) is 6.26. The van der Waals surface area contributed by atoms with Crippen LogP contribution in [-0.4, -0.2) is 37.6 Å². The lowest BCUT2D eigenvalue weighted by atomic mass is 10.2. The van der Waals surface area contributed by atoms with Gasteiger partial charge in [-0.25, -0.2) is 4.98 Å². The number of fused-ring (bicyclic) bond motifs is 1. The Balaban J connectivity index is 1.61. The number of thiophene rings is 1. The first-order valence-electron chi connectivity index (χ1n) is 8.36. The molecule has 4 aromatic rings. The first kappa shape index (κ1) is 16.5. The largest absolute Gasteiger partial charge is 0.347 e. The second-order valence-corrected chi connectivity index (χ2v) is 7.29. The Bertz CT molecular complexity index is 1030. The summed E-state index contributed by atoms with van der Waals surface area (Å²) in [5.74, 6) is 0.765. The number of hydrogen-bond donors (Lipinski definition) is 1. The summed E-state index contributed by atoms with van der Waals surface area (Å²) < 4.78 is 1.98. The molecule has 0 unspecified atom stereocenters. The van der Waals surface area contributed by atoms with Crippen molar-refractivity contribution in [2.45, 2.75) is 20.0 Å². The SMILES string of the molecule is Cc1nn(Cc2ccccc2)c2sc(C(=O)N(C)Cc3ncc[nH]3)cc12. The van der Waals surface area contributed by atoms with Gasteiger partial charge in [0, 0.05) is 24.8 Å². The Hall–Kier alpha value is -2.93. The van der Waals surface area contributed by atoms with E-state index in [-0.39, 0.29) is 5.91 Å². The van der Waals surface area contributed by atoms with Gasteiger partial charge in [0.2, 0.25) is 0 Å². The third kappa shape index (κ3) is 3.13. The normalized spacial score (nSPS) is 11.2. The molecule has 6 nitrogen and oxygen atoms in total. The van der Waals surface area contributed by atoms with E-state index in [1.54, 1.807) is 24.3 Å². The van der Waals surface area contributed by atoms with Crippen LogP contribution in [0.1, 0.15) is 26.8 Å². The summed E-state index contributed by atoms with van der Waals surface area (Å²) in [6.07, 6.45) is 3.45. The van der Waals surface area contributed by atoms with Crippen LogP contribution < -0.4 is 0 Å². The minimum atomic E-state index is -0.00624. The number of aromatic amines is 1. The van der Waals surface area contributed by atoms with Crippen molar-refractivity contribution < 1.29 is 4.79 Å². The highest BCUT2D eigenvalue weighted by Crippen LogP contribution is 2.29. The zero-order valence-electron chi connectivity index (χ0n) is 14.6. The minimum Gasteiger partial charge on any atom is -0.347 e. The van der Waals surface area contributed by atoms with E-state index in [1.807, 2.05) is 35.9 Å². The molecule has 4 rings (SSSR count). The fourth-order valence-corrected chi connectivity index (χ4v) is 4.11. The van der Waals surface area contributed by atoms with Gasteiger partial charge in [-0.2, -0.15) is 5.10 Å². The van der Waals surface area contributed by atoms with Gasteiger partial charge in [-0.3, -0.25) is 9.48 Å². The molecular weight excluding hydrogens is 346 g/mol. The Morgan fingerprint density at radius 2 is 2.12 bits per heavy atom. The van der Waals surface area contributed by atoms with Crippen molar-refractivity contribution in [2.24, 2.45) is 0 Å². The topological polar surface area (TPSA) is 66.8 Å². The molecule has 0 bridgehead atoms. The van der Waals surface area contributed by atoms with E-state index in [4.69, 9.17) is 0 Å². The molecular formula is C19H19N5OS. The van der Waals surface area contributed by atoms with Gasteiger partial charge in [0.05, 0.1) is 23.7 Å². The van der Waals surface area contributed by atoms with Crippen LogP contribution in [-0.2, 0) is 13.1 Å². The van der Waals surface area contributed by atoms with E-state index in [2.05, 4.69) is 27.2 Å². The Morgan fingerprint density at radius 3 is 2.85 bits per heavy atom. The number of nitrogens with one attached hydrogen (secondary N) is 1. The predicted octanol–water partition coefficient (Wildman–Crippen LogP) is 3.45. The summed E-state index contributed by atoms with van der Waals surface area (Å²) in [4.78, 5) is 23.4. The van der Waals surface area contributed by atoms with E-state index in [9.17, 15) is 4.79 Å². The molecule has 1 amide bonds. The van der Waals surface area contributed by atoms with E-state index in [0.29, 0.717) is 13.1 Å². The highest BCUT2D eigenvalue weighted by molar-refractivity contribution is 7.20. The molecule has 0 aliphatic heterocycles. The molecule has 7 heteroatoms. The molecule has 3 heterocycles. The molecule has 0 radical (unpaired) electrons. The van der Waals surface area contributed by atoms with E-state index in [0.717, 1.165) is 26.6 Å². The number of carbonyl (C=O) groups is 1. The number of benzene rings is 1. The summed E-state index contributed by atoms with van der Waals surface area (Å²) in [5.41, 5.74) is 2.13. The van der Waals surface area contributed by atoms with Crippen LogP contribution in [0, 0.1) is 6.92 Å². The smallest absolute Gasteiger partial charge is 0.264 e. The van der Waals surface area contributed by atoms with Crippen molar-refractivity contribution >= 4 is 27.5 Å². The van der Waals surface area contributed by atoms with Crippen molar-refractivity contribution in [3.63, 3.8) is 0 Å². The molecule has 1 aromatic carbocycles. The van der Waals surface area contributed by atoms with Crippen LogP contribution >= 0.6 is 11.3 Å². The standard InChI is InChI=1S/C19H19N5OS/c1-13-15-10-16(18(25)23(2)12-17-20-8-9-21-17)26-19(15)24(22-13)11-14-6-4-3-5-7-14/h3-10H,11-12H2,1-2H3,(H,20,21). The fraction of sp³-hybridized carbons (Fsp3) is 0.211. The highest BCUT2D eigenvalue weighted by atomic mass is 32.1. The summed E-state index contributed by atoms with van der Waals surface area (Å²) in [6.45, 7) is 3.13. The molecule has 0 fully saturated rings. The van der Waals surface area contributed by atoms with Crippen LogP contribution in [0.2, 0.25) is 0 Å². The first-order chi connectivity index (χ1) is 12.6. The van der Waals surface area contributed by atoms with E-state index < -0.39 is 0 Å². The molecule has 0 spiro atoms. The van der Waals surface area contributed by atoms with Gasteiger partial charge in [-0.1, -0.05) is 30.3 Å². The van der Waals surface area contributed by atoms with Gasteiger partial charge in [-0.05, 0) is 18.6 Å². The first-order valence-corrected chi connectivity index (χ1v) is 9.18. The zero-order valence-corrected chi connectivity index (χ0v) is 15.5. The number of hydrogen-bond acceptors (Lipinski definition) is 4. The zero-order chi connectivity index (χ0) is 18.1. The van der Waals surface area contributed by atoms with Gasteiger partial charge in [0.25, 0.3) is 5.91 Å². The summed E-state index contributed by atoms with van der Waals surface area (Å²) >= 11 is 1.49. The predicted molar refractivity (Wildman–Crippen MR) is 102 cm³/mol. The monoisotopic (exact) mass is 365 g/mol. The third-order valence-corrected chi connectivity index (χ3v) is 5.42. The molecule has 26 heavy (non-hydrogen) atoms. The second kappa shape index (κ2) is 6.76. The average Bonchev–Trinajstić information content (AvgIpc) is 3.35. The van der Waals surface area contributed by atoms with Crippen LogP contribution in [0.4, 0.5) is 0 Å². The van der Waals surface area contributed by atoms with Gasteiger partial charge >= 0.3 is 0 Å². The number of imidazole rings is 1. The lowest BCUT2D eigenvalue weighted by molar-refractivity contribution is 0.0786. The summed E-state index contributed by atoms with van der Waals surface area (Å²) in [5, 5.41) is 5.68. The summed E-state index contributed by atoms with van der Waals surface area (Å²) in [7, 11) is 1.79. The number of aryl methyl sites for hydroxylation is 1. The maximum atomic E-state index is 12.8.